The SMILES string of the molecule is O=C(NC[C@@H]1CCc2nccn2C1)c1ccc(F)cc1F. The third kappa shape index (κ3) is 2.94. The van der Waals surface area contributed by atoms with Gasteiger partial charge in [-0.2, -0.15) is 0 Å². The molecule has 1 aliphatic heterocycles. The molecule has 0 aliphatic carbocycles. The number of nitrogens with zero attached hydrogens (tertiary/aromatic N) is 2. The minimum atomic E-state index is -0.840. The van der Waals surface area contributed by atoms with Crippen molar-refractivity contribution in [3.8, 4) is 0 Å². The first-order valence-corrected chi connectivity index (χ1v) is 6.87. The van der Waals surface area contributed by atoms with E-state index >= 15 is 0 Å². The van der Waals surface area contributed by atoms with E-state index in [1.165, 1.54) is 0 Å². The van der Waals surface area contributed by atoms with Gasteiger partial charge >= 0.3 is 0 Å². The summed E-state index contributed by atoms with van der Waals surface area (Å²) in [5, 5.41) is 2.72. The number of carbonyl (C=O) groups is 1. The van der Waals surface area contributed by atoms with Crippen molar-refractivity contribution in [2.75, 3.05) is 6.54 Å². The van der Waals surface area contributed by atoms with Crippen molar-refractivity contribution in [2.45, 2.75) is 19.4 Å². The summed E-state index contributed by atoms with van der Waals surface area (Å²) in [7, 11) is 0. The van der Waals surface area contributed by atoms with E-state index in [2.05, 4.69) is 14.9 Å². The van der Waals surface area contributed by atoms with Gasteiger partial charge < -0.3 is 9.88 Å². The number of hydrogen-bond donors (Lipinski definition) is 1. The molecule has 2 heterocycles. The fraction of sp³-hybridized carbons (Fsp3) is 0.333. The fourth-order valence-corrected chi connectivity index (χ4v) is 2.61. The van der Waals surface area contributed by atoms with Gasteiger partial charge in [0.25, 0.3) is 5.91 Å². The van der Waals surface area contributed by atoms with Gasteiger partial charge in [0, 0.05) is 38.0 Å². The van der Waals surface area contributed by atoms with Crippen molar-refractivity contribution in [3.05, 3.63) is 53.6 Å². The molecule has 1 aliphatic rings. The highest BCUT2D eigenvalue weighted by Crippen LogP contribution is 2.18. The van der Waals surface area contributed by atoms with Gasteiger partial charge in [-0.25, -0.2) is 13.8 Å². The molecule has 0 saturated carbocycles. The molecule has 1 atom stereocenters. The Kier molecular flexibility index (Phi) is 3.68. The lowest BCUT2D eigenvalue weighted by Gasteiger charge is -2.24. The number of aryl methyl sites for hydroxylation is 1. The van der Waals surface area contributed by atoms with E-state index in [1.807, 2.05) is 6.20 Å². The molecule has 1 aromatic carbocycles. The fourth-order valence-electron chi connectivity index (χ4n) is 2.61. The maximum absolute atomic E-state index is 13.5. The molecule has 21 heavy (non-hydrogen) atoms. The third-order valence-electron chi connectivity index (χ3n) is 3.76. The maximum Gasteiger partial charge on any atom is 0.254 e. The normalized spacial score (nSPS) is 17.3. The first kappa shape index (κ1) is 13.7. The Morgan fingerprint density at radius 3 is 3.10 bits per heavy atom. The molecule has 110 valence electrons. The minimum Gasteiger partial charge on any atom is -0.352 e. The smallest absolute Gasteiger partial charge is 0.254 e. The summed E-state index contributed by atoms with van der Waals surface area (Å²) in [6.07, 6.45) is 5.49. The van der Waals surface area contributed by atoms with Crippen LogP contribution in [0, 0.1) is 17.6 Å². The Morgan fingerprint density at radius 2 is 2.29 bits per heavy atom. The van der Waals surface area contributed by atoms with Crippen LogP contribution in [0.2, 0.25) is 0 Å². The molecule has 3 rings (SSSR count). The van der Waals surface area contributed by atoms with Crippen molar-refractivity contribution in [1.29, 1.82) is 0 Å². The van der Waals surface area contributed by atoms with E-state index in [0.717, 1.165) is 37.3 Å². The highest BCUT2D eigenvalue weighted by molar-refractivity contribution is 5.94. The van der Waals surface area contributed by atoms with Gasteiger partial charge in [0.1, 0.15) is 17.5 Å². The molecule has 0 radical (unpaired) electrons. The number of benzene rings is 1. The second kappa shape index (κ2) is 5.63. The van der Waals surface area contributed by atoms with Crippen molar-refractivity contribution in [1.82, 2.24) is 14.9 Å². The Hall–Kier alpha value is -2.24. The van der Waals surface area contributed by atoms with Crippen LogP contribution in [0.3, 0.4) is 0 Å². The van der Waals surface area contributed by atoms with E-state index < -0.39 is 17.5 Å². The van der Waals surface area contributed by atoms with Gasteiger partial charge in [0.2, 0.25) is 0 Å². The van der Waals surface area contributed by atoms with Crippen LogP contribution in [0.4, 0.5) is 8.78 Å². The number of amides is 1. The molecule has 0 spiro atoms. The summed E-state index contributed by atoms with van der Waals surface area (Å²) in [5.74, 6) is -0.692. The van der Waals surface area contributed by atoms with E-state index in [0.29, 0.717) is 18.5 Å². The average molecular weight is 291 g/mol. The number of halogens is 2. The lowest BCUT2D eigenvalue weighted by atomic mass is 9.99. The van der Waals surface area contributed by atoms with Crippen molar-refractivity contribution >= 4 is 5.91 Å². The van der Waals surface area contributed by atoms with Crippen LogP contribution >= 0.6 is 0 Å². The molecule has 2 aromatic rings. The summed E-state index contributed by atoms with van der Waals surface area (Å²) in [6.45, 7) is 1.26. The van der Waals surface area contributed by atoms with Crippen molar-refractivity contribution < 1.29 is 13.6 Å². The van der Waals surface area contributed by atoms with Crippen LogP contribution in [0.1, 0.15) is 22.6 Å². The molecule has 1 amide bonds. The molecule has 0 saturated heterocycles. The number of rotatable bonds is 3. The van der Waals surface area contributed by atoms with E-state index in [1.54, 1.807) is 6.20 Å². The molecular formula is C15H15F2N3O. The van der Waals surface area contributed by atoms with Crippen LogP contribution in [-0.2, 0) is 13.0 Å². The molecule has 0 fully saturated rings. The Morgan fingerprint density at radius 1 is 1.43 bits per heavy atom. The quantitative estimate of drug-likeness (QED) is 0.942. The predicted molar refractivity (Wildman–Crippen MR) is 72.7 cm³/mol. The first-order valence-electron chi connectivity index (χ1n) is 6.87. The highest BCUT2D eigenvalue weighted by atomic mass is 19.1. The molecule has 6 heteroatoms. The zero-order valence-corrected chi connectivity index (χ0v) is 11.4. The van der Waals surface area contributed by atoms with Gasteiger partial charge in [-0.05, 0) is 24.5 Å². The van der Waals surface area contributed by atoms with Crippen LogP contribution in [0.25, 0.3) is 0 Å². The first-order chi connectivity index (χ1) is 10.1. The Bertz CT molecular complexity index is 669. The second-order valence-corrected chi connectivity index (χ2v) is 5.23. The van der Waals surface area contributed by atoms with E-state index in [4.69, 9.17) is 0 Å². The van der Waals surface area contributed by atoms with Crippen LogP contribution < -0.4 is 5.32 Å². The number of hydrogen-bond acceptors (Lipinski definition) is 2. The zero-order valence-electron chi connectivity index (χ0n) is 11.4. The Labute approximate surface area is 120 Å². The number of carbonyl (C=O) groups excluding carboxylic acids is 1. The van der Waals surface area contributed by atoms with Crippen molar-refractivity contribution in [3.63, 3.8) is 0 Å². The number of aromatic nitrogens is 2. The highest BCUT2D eigenvalue weighted by Gasteiger charge is 2.20. The summed E-state index contributed by atoms with van der Waals surface area (Å²) in [6, 6.07) is 2.96. The molecule has 1 N–H and O–H groups in total. The standard InChI is InChI=1S/C15H15F2N3O/c16-11-2-3-12(13(17)7-11)15(21)19-8-10-1-4-14-18-5-6-20(14)9-10/h2-3,5-7,10H,1,4,8-9H2,(H,19,21)/t10-/m0/s1. The van der Waals surface area contributed by atoms with E-state index in [-0.39, 0.29) is 5.56 Å². The second-order valence-electron chi connectivity index (χ2n) is 5.23. The lowest BCUT2D eigenvalue weighted by molar-refractivity contribution is 0.0939. The molecule has 1 aromatic heterocycles. The summed E-state index contributed by atoms with van der Waals surface area (Å²) in [5.41, 5.74) is -0.129. The third-order valence-corrected chi connectivity index (χ3v) is 3.76. The topological polar surface area (TPSA) is 46.9 Å². The zero-order chi connectivity index (χ0) is 14.8. The molecule has 0 bridgehead atoms. The van der Waals surface area contributed by atoms with Crippen LogP contribution in [0.5, 0.6) is 0 Å². The van der Waals surface area contributed by atoms with Gasteiger partial charge in [-0.15, -0.1) is 0 Å². The average Bonchev–Trinajstić information content (AvgIpc) is 2.92. The Balaban J connectivity index is 1.59. The molecule has 4 nitrogen and oxygen atoms in total. The number of fused-ring (bicyclic) bond motifs is 1. The van der Waals surface area contributed by atoms with Gasteiger partial charge in [-0.3, -0.25) is 4.79 Å². The van der Waals surface area contributed by atoms with Crippen molar-refractivity contribution in [2.24, 2.45) is 5.92 Å². The minimum absolute atomic E-state index is 0.129. The maximum atomic E-state index is 13.5. The number of imidazole rings is 1. The monoisotopic (exact) mass is 291 g/mol. The largest absolute Gasteiger partial charge is 0.352 e. The summed E-state index contributed by atoms with van der Waals surface area (Å²) >= 11 is 0. The molecule has 0 unspecified atom stereocenters. The predicted octanol–water partition coefficient (Wildman–Crippen LogP) is 2.15. The van der Waals surface area contributed by atoms with E-state index in [9.17, 15) is 13.6 Å². The molecular weight excluding hydrogens is 276 g/mol. The van der Waals surface area contributed by atoms with Gasteiger partial charge in [0.05, 0.1) is 5.56 Å². The van der Waals surface area contributed by atoms with Gasteiger partial charge in [-0.1, -0.05) is 0 Å². The summed E-state index contributed by atoms with van der Waals surface area (Å²) < 4.78 is 28.4. The van der Waals surface area contributed by atoms with Crippen LogP contribution in [-0.4, -0.2) is 22.0 Å². The lowest BCUT2D eigenvalue weighted by Crippen LogP contribution is -2.34. The number of nitrogens with one attached hydrogen (secondary N) is 1. The van der Waals surface area contributed by atoms with Gasteiger partial charge in [0.15, 0.2) is 0 Å². The van der Waals surface area contributed by atoms with Crippen LogP contribution in [0.15, 0.2) is 30.6 Å². The summed E-state index contributed by atoms with van der Waals surface area (Å²) in [4.78, 5) is 16.2.